The third-order valence-corrected chi connectivity index (χ3v) is 2.98. The third-order valence-electron chi connectivity index (χ3n) is 2.98. The molecule has 108 valence electrons. The van der Waals surface area contributed by atoms with Gasteiger partial charge in [-0.2, -0.15) is 15.1 Å². The number of nitrogens with two attached hydrogens (primary N) is 1. The van der Waals surface area contributed by atoms with E-state index in [4.69, 9.17) is 10.8 Å². The van der Waals surface area contributed by atoms with Gasteiger partial charge in [0.15, 0.2) is 5.65 Å². The monoisotopic (exact) mass is 285 g/mol. The second-order valence-corrected chi connectivity index (χ2v) is 4.47. The molecule has 0 aliphatic carbocycles. The lowest BCUT2D eigenvalue weighted by atomic mass is 10.2. The van der Waals surface area contributed by atoms with E-state index in [1.807, 2.05) is 18.2 Å². The first-order valence-electron chi connectivity index (χ1n) is 6.56. The second-order valence-electron chi connectivity index (χ2n) is 4.47. The lowest BCUT2D eigenvalue weighted by Gasteiger charge is -2.09. The Balaban J connectivity index is 2.01. The lowest BCUT2D eigenvalue weighted by molar-refractivity contribution is 0.292. The number of hydrogen-bond acceptors (Lipinski definition) is 7. The summed E-state index contributed by atoms with van der Waals surface area (Å²) in [5, 5.41) is 19.5. The summed E-state index contributed by atoms with van der Waals surface area (Å²) in [6.07, 6.45) is 2.29. The van der Waals surface area contributed by atoms with Crippen molar-refractivity contribution in [2.24, 2.45) is 0 Å². The van der Waals surface area contributed by atoms with Crippen LogP contribution < -0.4 is 11.1 Å². The van der Waals surface area contributed by atoms with Crippen LogP contribution in [0.5, 0.6) is 0 Å². The van der Waals surface area contributed by atoms with E-state index >= 15 is 0 Å². The average molecular weight is 285 g/mol. The van der Waals surface area contributed by atoms with Crippen molar-refractivity contribution in [3.63, 3.8) is 0 Å². The van der Waals surface area contributed by atoms with Gasteiger partial charge >= 0.3 is 0 Å². The molecule has 21 heavy (non-hydrogen) atoms. The molecule has 0 aliphatic heterocycles. The molecule has 3 aromatic heterocycles. The van der Waals surface area contributed by atoms with E-state index in [9.17, 15) is 0 Å². The molecule has 0 fully saturated rings. The van der Waals surface area contributed by atoms with Crippen LogP contribution in [0.4, 0.5) is 11.8 Å². The van der Waals surface area contributed by atoms with Gasteiger partial charge in [-0.15, -0.1) is 0 Å². The van der Waals surface area contributed by atoms with Gasteiger partial charge in [0.2, 0.25) is 5.95 Å². The molecule has 0 atom stereocenters. The zero-order valence-corrected chi connectivity index (χ0v) is 11.2. The van der Waals surface area contributed by atoms with Crippen LogP contribution in [0.2, 0.25) is 0 Å². The van der Waals surface area contributed by atoms with Crippen molar-refractivity contribution >= 4 is 22.8 Å². The Kier molecular flexibility index (Phi) is 3.61. The van der Waals surface area contributed by atoms with Crippen molar-refractivity contribution in [2.75, 3.05) is 24.2 Å². The summed E-state index contributed by atoms with van der Waals surface area (Å²) in [4.78, 5) is 12.8. The minimum atomic E-state index is 0.119. The number of hydrogen-bond donors (Lipinski definition) is 4. The Morgan fingerprint density at radius 1 is 1.19 bits per heavy atom. The molecule has 0 bridgehead atoms. The summed E-state index contributed by atoms with van der Waals surface area (Å²) in [5.74, 6) is 0.776. The molecule has 3 heterocycles. The van der Waals surface area contributed by atoms with Gasteiger partial charge in [0.25, 0.3) is 0 Å². The highest BCUT2D eigenvalue weighted by Gasteiger charge is 2.09. The van der Waals surface area contributed by atoms with E-state index in [1.54, 1.807) is 6.20 Å². The fourth-order valence-electron chi connectivity index (χ4n) is 2.00. The average Bonchev–Trinajstić information content (AvgIpc) is 3.01. The van der Waals surface area contributed by atoms with Gasteiger partial charge < -0.3 is 16.2 Å². The number of aromatic nitrogens is 5. The normalized spacial score (nSPS) is 10.9. The van der Waals surface area contributed by atoms with Crippen LogP contribution in [0, 0.1) is 0 Å². The van der Waals surface area contributed by atoms with Crippen molar-refractivity contribution < 1.29 is 5.11 Å². The van der Waals surface area contributed by atoms with E-state index < -0.39 is 0 Å². The number of fused-ring (bicyclic) bond motifs is 1. The predicted octanol–water partition coefficient (Wildman–Crippen LogP) is 0.791. The number of H-pyrrole nitrogens is 1. The van der Waals surface area contributed by atoms with Crippen LogP contribution in [0.1, 0.15) is 6.42 Å². The molecule has 8 heteroatoms. The SMILES string of the molecule is Nc1nc(NCCCO)c2ccc(-c3ccn[nH]3)nc2n1. The standard InChI is InChI=1S/C13H15N7O/c14-13-18-11(15-5-1-7-21)8-2-3-9(17-12(8)19-13)10-4-6-16-20-10/h2-4,6,21H,1,5,7H2,(H,16,20)(H3,14,15,17,18,19). The summed E-state index contributed by atoms with van der Waals surface area (Å²) < 4.78 is 0. The zero-order valence-electron chi connectivity index (χ0n) is 11.2. The molecule has 3 rings (SSSR count). The largest absolute Gasteiger partial charge is 0.396 e. The Morgan fingerprint density at radius 2 is 2.10 bits per heavy atom. The van der Waals surface area contributed by atoms with Gasteiger partial charge in [-0.1, -0.05) is 0 Å². The van der Waals surface area contributed by atoms with E-state index in [-0.39, 0.29) is 12.6 Å². The number of anilines is 2. The zero-order chi connectivity index (χ0) is 14.7. The number of rotatable bonds is 5. The summed E-state index contributed by atoms with van der Waals surface area (Å²) in [6, 6.07) is 5.59. The molecule has 0 saturated heterocycles. The maximum absolute atomic E-state index is 8.83. The number of nitrogens with zero attached hydrogens (tertiary/aromatic N) is 4. The van der Waals surface area contributed by atoms with Crippen molar-refractivity contribution in [2.45, 2.75) is 6.42 Å². The number of pyridine rings is 1. The van der Waals surface area contributed by atoms with Crippen LogP contribution in [0.25, 0.3) is 22.4 Å². The van der Waals surface area contributed by atoms with Crippen LogP contribution in [0.3, 0.4) is 0 Å². The Bertz CT molecular complexity index is 742. The van der Waals surface area contributed by atoms with Gasteiger partial charge in [0.1, 0.15) is 5.82 Å². The Labute approximate surface area is 120 Å². The topological polar surface area (TPSA) is 126 Å². The summed E-state index contributed by atoms with van der Waals surface area (Å²) in [6.45, 7) is 0.720. The second kappa shape index (κ2) is 5.71. The highest BCUT2D eigenvalue weighted by Crippen LogP contribution is 2.23. The fraction of sp³-hybridized carbons (Fsp3) is 0.231. The molecule has 0 amide bonds. The van der Waals surface area contributed by atoms with Gasteiger partial charge in [-0.3, -0.25) is 5.10 Å². The first-order chi connectivity index (χ1) is 10.3. The van der Waals surface area contributed by atoms with Crippen molar-refractivity contribution in [3.8, 4) is 11.4 Å². The molecule has 5 N–H and O–H groups in total. The smallest absolute Gasteiger partial charge is 0.224 e. The first kappa shape index (κ1) is 13.3. The van der Waals surface area contributed by atoms with Gasteiger partial charge in [-0.25, -0.2) is 4.98 Å². The van der Waals surface area contributed by atoms with E-state index in [0.29, 0.717) is 24.4 Å². The van der Waals surface area contributed by atoms with E-state index in [2.05, 4.69) is 30.5 Å². The lowest BCUT2D eigenvalue weighted by Crippen LogP contribution is -2.08. The molecule has 0 radical (unpaired) electrons. The molecule has 0 aromatic carbocycles. The predicted molar refractivity (Wildman–Crippen MR) is 79.5 cm³/mol. The highest BCUT2D eigenvalue weighted by atomic mass is 16.3. The maximum Gasteiger partial charge on any atom is 0.224 e. The van der Waals surface area contributed by atoms with Gasteiger partial charge in [-0.05, 0) is 24.6 Å². The Morgan fingerprint density at radius 3 is 2.86 bits per heavy atom. The molecule has 0 spiro atoms. The number of nitrogens with one attached hydrogen (secondary N) is 2. The van der Waals surface area contributed by atoms with Crippen molar-refractivity contribution in [3.05, 3.63) is 24.4 Å². The molecule has 3 aromatic rings. The number of aliphatic hydroxyl groups excluding tert-OH is 1. The minimum absolute atomic E-state index is 0.119. The van der Waals surface area contributed by atoms with Crippen LogP contribution in [0.15, 0.2) is 24.4 Å². The fourth-order valence-corrected chi connectivity index (χ4v) is 2.00. The van der Waals surface area contributed by atoms with Gasteiger partial charge in [0, 0.05) is 19.3 Å². The quantitative estimate of drug-likeness (QED) is 0.510. The number of nitrogen functional groups attached to an aromatic ring is 1. The van der Waals surface area contributed by atoms with Crippen molar-refractivity contribution in [1.29, 1.82) is 0 Å². The van der Waals surface area contributed by atoms with E-state index in [0.717, 1.165) is 16.8 Å². The minimum Gasteiger partial charge on any atom is -0.396 e. The third kappa shape index (κ3) is 2.75. The number of aliphatic hydroxyl groups is 1. The molecule has 8 nitrogen and oxygen atoms in total. The van der Waals surface area contributed by atoms with Crippen LogP contribution in [-0.2, 0) is 0 Å². The van der Waals surface area contributed by atoms with Crippen LogP contribution >= 0.6 is 0 Å². The van der Waals surface area contributed by atoms with E-state index in [1.165, 1.54) is 0 Å². The maximum atomic E-state index is 8.83. The van der Waals surface area contributed by atoms with Gasteiger partial charge in [0.05, 0.1) is 16.8 Å². The summed E-state index contributed by atoms with van der Waals surface area (Å²) in [5.41, 5.74) is 7.79. The first-order valence-corrected chi connectivity index (χ1v) is 6.56. The molecular weight excluding hydrogens is 270 g/mol. The molecule has 0 unspecified atom stereocenters. The number of aromatic amines is 1. The van der Waals surface area contributed by atoms with Crippen molar-refractivity contribution in [1.82, 2.24) is 25.1 Å². The highest BCUT2D eigenvalue weighted by molar-refractivity contribution is 5.88. The van der Waals surface area contributed by atoms with Crippen LogP contribution in [-0.4, -0.2) is 43.4 Å². The Hall–Kier alpha value is -2.74. The summed E-state index contributed by atoms with van der Waals surface area (Å²) in [7, 11) is 0. The molecule has 0 aliphatic rings. The molecular formula is C13H15N7O. The summed E-state index contributed by atoms with van der Waals surface area (Å²) >= 11 is 0. The molecule has 0 saturated carbocycles.